The first-order valence-electron chi connectivity index (χ1n) is 11.5. The van der Waals surface area contributed by atoms with Gasteiger partial charge in [0, 0.05) is 33.3 Å². The highest BCUT2D eigenvalue weighted by Crippen LogP contribution is 2.46. The first-order valence-corrected chi connectivity index (χ1v) is 11.5. The van der Waals surface area contributed by atoms with E-state index >= 15 is 0 Å². The van der Waals surface area contributed by atoms with E-state index in [2.05, 4.69) is 82.8 Å². The van der Waals surface area contributed by atoms with Crippen LogP contribution in [-0.4, -0.2) is 9.97 Å². The van der Waals surface area contributed by atoms with Crippen LogP contribution < -0.4 is 0 Å². The molecule has 3 heteroatoms. The summed E-state index contributed by atoms with van der Waals surface area (Å²) in [5.41, 5.74) is 5.11. The van der Waals surface area contributed by atoms with Crippen LogP contribution in [-0.2, 0) is 0 Å². The smallest absolute Gasteiger partial charge is 0.145 e. The highest BCUT2D eigenvalue weighted by Gasteiger charge is 2.22. The van der Waals surface area contributed by atoms with Crippen LogP contribution in [0, 0.1) is 0 Å². The van der Waals surface area contributed by atoms with E-state index in [-0.39, 0.29) is 0 Å². The zero-order valence-corrected chi connectivity index (χ0v) is 18.2. The van der Waals surface area contributed by atoms with E-state index in [1.165, 1.54) is 37.7 Å². The van der Waals surface area contributed by atoms with Gasteiger partial charge >= 0.3 is 0 Å². The largest absolute Gasteiger partial charge is 0.463 e. The maximum Gasteiger partial charge on any atom is 0.145 e. The van der Waals surface area contributed by atoms with Gasteiger partial charge < -0.3 is 9.40 Å². The zero-order valence-electron chi connectivity index (χ0n) is 18.2. The number of rotatable bonds is 1. The Balaban J connectivity index is 1.71. The van der Waals surface area contributed by atoms with Crippen molar-refractivity contribution in [2.75, 3.05) is 0 Å². The molecule has 1 N–H and O–H groups in total. The zero-order chi connectivity index (χ0) is 22.2. The molecule has 8 rings (SSSR count). The van der Waals surface area contributed by atoms with Crippen LogP contribution in [0.2, 0.25) is 0 Å². The number of nitrogens with zero attached hydrogens (tertiary/aromatic N) is 1. The lowest BCUT2D eigenvalue weighted by molar-refractivity contribution is 0.620. The Morgan fingerprint density at radius 1 is 0.529 bits per heavy atom. The van der Waals surface area contributed by atoms with Crippen molar-refractivity contribution in [2.45, 2.75) is 0 Å². The molecule has 0 aliphatic rings. The summed E-state index contributed by atoms with van der Waals surface area (Å²) in [6, 6.07) is 31.9. The van der Waals surface area contributed by atoms with Gasteiger partial charge in [0.2, 0.25) is 0 Å². The fraction of sp³-hybridized carbons (Fsp3) is 0. The summed E-state index contributed by atoms with van der Waals surface area (Å²) in [4.78, 5) is 8.45. The fourth-order valence-corrected chi connectivity index (χ4v) is 5.71. The molecule has 0 saturated heterocycles. The number of furan rings is 1. The Kier molecular flexibility index (Phi) is 3.39. The molecule has 158 valence electrons. The van der Waals surface area contributed by atoms with E-state index in [4.69, 9.17) is 4.42 Å². The second-order valence-corrected chi connectivity index (χ2v) is 8.83. The quantitative estimate of drug-likeness (QED) is 0.263. The van der Waals surface area contributed by atoms with Crippen molar-refractivity contribution in [3.8, 4) is 11.3 Å². The molecule has 34 heavy (non-hydrogen) atoms. The second kappa shape index (κ2) is 6.46. The van der Waals surface area contributed by atoms with E-state index in [0.717, 1.165) is 38.6 Å². The molecular formula is C31H18N2O. The Hall–Kier alpha value is -4.63. The standard InChI is InChI=1S/C31H18N2O/c1-3-11-20-18(9-1)19-10-2-5-13-22(19)29-27(20)28-30(33-29)23-14-6-4-12-21(23)26-24(17-34-31(26)28)25-15-7-8-16-32-25/h1-17,33H. The number of aromatic amines is 1. The average molecular weight is 434 g/mol. The van der Waals surface area contributed by atoms with E-state index in [9.17, 15) is 0 Å². The van der Waals surface area contributed by atoms with Crippen molar-refractivity contribution in [3.05, 3.63) is 103 Å². The number of fused-ring (bicyclic) bond motifs is 13. The van der Waals surface area contributed by atoms with Gasteiger partial charge in [-0.25, -0.2) is 0 Å². The fourth-order valence-electron chi connectivity index (χ4n) is 5.71. The third kappa shape index (κ3) is 2.18. The Morgan fingerprint density at radius 2 is 1.09 bits per heavy atom. The maximum absolute atomic E-state index is 6.39. The number of aromatic nitrogens is 2. The van der Waals surface area contributed by atoms with Crippen molar-refractivity contribution in [1.29, 1.82) is 0 Å². The van der Waals surface area contributed by atoms with Crippen LogP contribution in [0.4, 0.5) is 0 Å². The molecule has 0 fully saturated rings. The minimum atomic E-state index is 0.904. The highest BCUT2D eigenvalue weighted by molar-refractivity contribution is 6.39. The van der Waals surface area contributed by atoms with Gasteiger partial charge in [0.05, 0.1) is 22.1 Å². The van der Waals surface area contributed by atoms with Crippen molar-refractivity contribution in [1.82, 2.24) is 9.97 Å². The molecule has 3 nitrogen and oxygen atoms in total. The number of benzene rings is 5. The monoisotopic (exact) mass is 434 g/mol. The summed E-state index contributed by atoms with van der Waals surface area (Å²) in [5.74, 6) is 0. The first-order chi connectivity index (χ1) is 16.9. The van der Waals surface area contributed by atoms with Crippen molar-refractivity contribution >= 4 is 65.1 Å². The van der Waals surface area contributed by atoms with Crippen molar-refractivity contribution in [2.24, 2.45) is 0 Å². The van der Waals surface area contributed by atoms with E-state index < -0.39 is 0 Å². The number of H-pyrrole nitrogens is 1. The predicted octanol–water partition coefficient (Wildman–Crippen LogP) is 8.59. The Bertz CT molecular complexity index is 2060. The first kappa shape index (κ1) is 17.9. The minimum absolute atomic E-state index is 0.904. The van der Waals surface area contributed by atoms with Crippen molar-refractivity contribution < 1.29 is 4.42 Å². The molecule has 0 spiro atoms. The number of nitrogens with one attached hydrogen (secondary N) is 1. The maximum atomic E-state index is 6.39. The third-order valence-corrected chi connectivity index (χ3v) is 7.11. The summed E-state index contributed by atoms with van der Waals surface area (Å²) >= 11 is 0. The number of pyridine rings is 1. The molecule has 0 aliphatic heterocycles. The predicted molar refractivity (Wildman–Crippen MR) is 141 cm³/mol. The SMILES string of the molecule is c1ccc(-c2coc3c2c2ccccc2c2[nH]c4c5ccccc5c5ccccc5c4c23)nc1. The lowest BCUT2D eigenvalue weighted by atomic mass is 9.94. The third-order valence-electron chi connectivity index (χ3n) is 7.11. The molecule has 0 unspecified atom stereocenters. The summed E-state index contributed by atoms with van der Waals surface area (Å²) in [5, 5.41) is 10.8. The molecule has 3 aromatic heterocycles. The molecule has 0 bridgehead atoms. The van der Waals surface area contributed by atoms with Crippen LogP contribution in [0.3, 0.4) is 0 Å². The van der Waals surface area contributed by atoms with E-state index in [1.807, 2.05) is 30.7 Å². The van der Waals surface area contributed by atoms with E-state index in [0.29, 0.717) is 0 Å². The molecule has 0 amide bonds. The van der Waals surface area contributed by atoms with Crippen LogP contribution in [0.15, 0.2) is 108 Å². The summed E-state index contributed by atoms with van der Waals surface area (Å²) in [7, 11) is 0. The molecule has 5 aromatic carbocycles. The van der Waals surface area contributed by atoms with Gasteiger partial charge in [0.15, 0.2) is 0 Å². The molecule has 0 saturated carbocycles. The van der Waals surface area contributed by atoms with Gasteiger partial charge in [0.1, 0.15) is 11.8 Å². The summed E-state index contributed by atoms with van der Waals surface area (Å²) in [6.45, 7) is 0. The molecule has 8 aromatic rings. The highest BCUT2D eigenvalue weighted by atomic mass is 16.3. The molecule has 0 radical (unpaired) electrons. The second-order valence-electron chi connectivity index (χ2n) is 8.83. The minimum Gasteiger partial charge on any atom is -0.463 e. The van der Waals surface area contributed by atoms with Gasteiger partial charge in [-0.2, -0.15) is 0 Å². The molecule has 0 atom stereocenters. The van der Waals surface area contributed by atoms with Crippen LogP contribution in [0.5, 0.6) is 0 Å². The van der Waals surface area contributed by atoms with Gasteiger partial charge in [-0.05, 0) is 33.7 Å². The molecule has 3 heterocycles. The van der Waals surface area contributed by atoms with Crippen molar-refractivity contribution in [3.63, 3.8) is 0 Å². The lowest BCUT2D eigenvalue weighted by Gasteiger charge is -2.07. The Labute approximate surface area is 194 Å². The summed E-state index contributed by atoms with van der Waals surface area (Å²) < 4.78 is 6.39. The molecular weight excluding hydrogens is 416 g/mol. The van der Waals surface area contributed by atoms with Crippen LogP contribution >= 0.6 is 0 Å². The topological polar surface area (TPSA) is 41.8 Å². The number of hydrogen-bond donors (Lipinski definition) is 1. The lowest BCUT2D eigenvalue weighted by Crippen LogP contribution is -1.83. The number of hydrogen-bond acceptors (Lipinski definition) is 2. The van der Waals surface area contributed by atoms with Crippen LogP contribution in [0.1, 0.15) is 0 Å². The Morgan fingerprint density at radius 3 is 1.79 bits per heavy atom. The van der Waals surface area contributed by atoms with Gasteiger partial charge in [-0.3, -0.25) is 4.98 Å². The normalized spacial score (nSPS) is 12.1. The summed E-state index contributed by atoms with van der Waals surface area (Å²) in [6.07, 6.45) is 3.70. The van der Waals surface area contributed by atoms with E-state index in [1.54, 1.807) is 0 Å². The van der Waals surface area contributed by atoms with Gasteiger partial charge in [0.25, 0.3) is 0 Å². The average Bonchev–Trinajstić information content (AvgIpc) is 3.53. The molecule has 0 aliphatic carbocycles. The van der Waals surface area contributed by atoms with Gasteiger partial charge in [-0.15, -0.1) is 0 Å². The van der Waals surface area contributed by atoms with Gasteiger partial charge in [-0.1, -0.05) is 78.9 Å². The van der Waals surface area contributed by atoms with Crippen LogP contribution in [0.25, 0.3) is 76.3 Å².